The van der Waals surface area contributed by atoms with Gasteiger partial charge >= 0.3 is 0 Å². The largest absolute Gasteiger partial charge is 0.454 e. The lowest BCUT2D eigenvalue weighted by atomic mass is 10.0. The van der Waals surface area contributed by atoms with Gasteiger partial charge in [0, 0.05) is 12.4 Å². The highest BCUT2D eigenvalue weighted by molar-refractivity contribution is 5.85. The van der Waals surface area contributed by atoms with Crippen LogP contribution in [0.2, 0.25) is 0 Å². The van der Waals surface area contributed by atoms with E-state index in [1.54, 1.807) is 18.5 Å². The Morgan fingerprint density at radius 3 is 2.71 bits per heavy atom. The molecule has 7 nitrogen and oxygen atoms in total. The summed E-state index contributed by atoms with van der Waals surface area (Å²) < 4.78 is 16.0. The third-order valence-electron chi connectivity index (χ3n) is 3.15. The van der Waals surface area contributed by atoms with Gasteiger partial charge in [-0.3, -0.25) is 0 Å². The van der Waals surface area contributed by atoms with E-state index in [4.69, 9.17) is 19.7 Å². The van der Waals surface area contributed by atoms with Gasteiger partial charge in [-0.15, -0.1) is 0 Å². The molecule has 0 spiro atoms. The Balaban J connectivity index is 1.87. The van der Waals surface area contributed by atoms with E-state index in [1.807, 2.05) is 18.2 Å². The zero-order chi connectivity index (χ0) is 14.2. The molecule has 0 bridgehead atoms. The lowest BCUT2D eigenvalue weighted by Gasteiger charge is -2.03. The summed E-state index contributed by atoms with van der Waals surface area (Å²) >= 11 is 0. The number of rotatable bonds is 2. The maximum absolute atomic E-state index is 5.92. The zero-order valence-electron chi connectivity index (χ0n) is 10.8. The molecule has 2 N–H and O–H groups in total. The quantitative estimate of drug-likeness (QED) is 0.768. The molecule has 7 heteroatoms. The molecule has 21 heavy (non-hydrogen) atoms. The smallest absolute Gasteiger partial charge is 0.231 e. The van der Waals surface area contributed by atoms with Gasteiger partial charge in [0.15, 0.2) is 23.1 Å². The zero-order valence-corrected chi connectivity index (χ0v) is 10.8. The molecule has 0 aliphatic carbocycles. The van der Waals surface area contributed by atoms with E-state index < -0.39 is 0 Å². The number of hydrogen-bond acceptors (Lipinski definition) is 7. The summed E-state index contributed by atoms with van der Waals surface area (Å²) in [5.41, 5.74) is 7.37. The van der Waals surface area contributed by atoms with Crippen LogP contribution in [0.4, 0.5) is 5.82 Å². The fraction of sp³-hybridized carbons (Fsp3) is 0.0714. The van der Waals surface area contributed by atoms with Crippen molar-refractivity contribution in [3.63, 3.8) is 0 Å². The van der Waals surface area contributed by atoms with Gasteiger partial charge in [-0.25, -0.2) is 9.97 Å². The fourth-order valence-corrected chi connectivity index (χ4v) is 2.20. The molecule has 2 aromatic heterocycles. The van der Waals surface area contributed by atoms with Gasteiger partial charge in [0.1, 0.15) is 0 Å². The first-order chi connectivity index (χ1) is 10.3. The van der Waals surface area contributed by atoms with Crippen molar-refractivity contribution >= 4 is 5.82 Å². The second-order valence-electron chi connectivity index (χ2n) is 4.41. The standard InChI is InChI=1S/C14H10N4O3/c15-13-11(8-2-3-9-10(6-8)20-7-19-9)12(21-18-13)14-16-4-1-5-17-14/h1-6H,7H2,(H2,15,18). The first-order valence-electron chi connectivity index (χ1n) is 6.25. The average molecular weight is 282 g/mol. The van der Waals surface area contributed by atoms with Crippen molar-refractivity contribution in [1.82, 2.24) is 15.1 Å². The highest BCUT2D eigenvalue weighted by Crippen LogP contribution is 2.40. The molecular weight excluding hydrogens is 272 g/mol. The van der Waals surface area contributed by atoms with Crippen LogP contribution in [0.1, 0.15) is 0 Å². The van der Waals surface area contributed by atoms with Gasteiger partial charge in [0.05, 0.1) is 5.56 Å². The van der Waals surface area contributed by atoms with Crippen LogP contribution in [0.25, 0.3) is 22.7 Å². The normalized spacial score (nSPS) is 12.6. The number of nitrogen functional groups attached to an aromatic ring is 1. The van der Waals surface area contributed by atoms with Crippen molar-refractivity contribution in [2.24, 2.45) is 0 Å². The first-order valence-corrected chi connectivity index (χ1v) is 6.25. The molecule has 1 aliphatic rings. The highest BCUT2D eigenvalue weighted by Gasteiger charge is 2.22. The van der Waals surface area contributed by atoms with Crippen LogP contribution in [-0.4, -0.2) is 21.9 Å². The predicted octanol–water partition coefficient (Wildman–Crippen LogP) is 2.11. The van der Waals surface area contributed by atoms with E-state index in [0.29, 0.717) is 28.6 Å². The molecule has 3 aromatic rings. The summed E-state index contributed by atoms with van der Waals surface area (Å²) in [5, 5.41) is 3.81. The SMILES string of the molecule is Nc1noc(-c2ncccn2)c1-c1ccc2c(c1)OCO2. The summed E-state index contributed by atoms with van der Waals surface area (Å²) in [6, 6.07) is 7.24. The molecule has 0 amide bonds. The number of nitrogens with two attached hydrogens (primary N) is 1. The van der Waals surface area contributed by atoms with Crippen LogP contribution in [0.5, 0.6) is 11.5 Å². The Morgan fingerprint density at radius 1 is 1.05 bits per heavy atom. The van der Waals surface area contributed by atoms with Crippen molar-refractivity contribution in [2.45, 2.75) is 0 Å². The topological polar surface area (TPSA) is 96.3 Å². The maximum Gasteiger partial charge on any atom is 0.231 e. The van der Waals surface area contributed by atoms with Crippen molar-refractivity contribution in [1.29, 1.82) is 0 Å². The molecular formula is C14H10N4O3. The highest BCUT2D eigenvalue weighted by atomic mass is 16.7. The minimum absolute atomic E-state index is 0.215. The van der Waals surface area contributed by atoms with Gasteiger partial charge in [-0.05, 0) is 23.8 Å². The molecule has 0 unspecified atom stereocenters. The fourth-order valence-electron chi connectivity index (χ4n) is 2.20. The van der Waals surface area contributed by atoms with Gasteiger partial charge in [-0.2, -0.15) is 0 Å². The van der Waals surface area contributed by atoms with E-state index >= 15 is 0 Å². The molecule has 0 saturated heterocycles. The Kier molecular flexibility index (Phi) is 2.50. The second kappa shape index (κ2) is 4.48. The van der Waals surface area contributed by atoms with Crippen LogP contribution in [-0.2, 0) is 0 Å². The number of benzene rings is 1. The number of anilines is 1. The third kappa shape index (κ3) is 1.86. The van der Waals surface area contributed by atoms with Crippen LogP contribution >= 0.6 is 0 Å². The van der Waals surface area contributed by atoms with Crippen LogP contribution in [0.15, 0.2) is 41.2 Å². The van der Waals surface area contributed by atoms with E-state index in [-0.39, 0.29) is 12.6 Å². The van der Waals surface area contributed by atoms with Crippen molar-refractivity contribution in [2.75, 3.05) is 12.5 Å². The molecule has 0 saturated carbocycles. The van der Waals surface area contributed by atoms with E-state index in [9.17, 15) is 0 Å². The predicted molar refractivity (Wildman–Crippen MR) is 73.5 cm³/mol. The second-order valence-corrected chi connectivity index (χ2v) is 4.41. The number of ether oxygens (including phenoxy) is 2. The Morgan fingerprint density at radius 2 is 1.86 bits per heavy atom. The molecule has 3 heterocycles. The van der Waals surface area contributed by atoms with Gasteiger partial charge in [-0.1, -0.05) is 11.2 Å². The minimum atomic E-state index is 0.215. The summed E-state index contributed by atoms with van der Waals surface area (Å²) in [5.74, 6) is 2.48. The summed E-state index contributed by atoms with van der Waals surface area (Å²) in [7, 11) is 0. The molecule has 0 atom stereocenters. The maximum atomic E-state index is 5.92. The Bertz CT molecular complexity index is 801. The molecule has 104 valence electrons. The number of aromatic nitrogens is 3. The monoisotopic (exact) mass is 282 g/mol. The van der Waals surface area contributed by atoms with E-state index in [2.05, 4.69) is 15.1 Å². The number of nitrogens with zero attached hydrogens (tertiary/aromatic N) is 3. The summed E-state index contributed by atoms with van der Waals surface area (Å²) in [4.78, 5) is 8.33. The average Bonchev–Trinajstić information content (AvgIpc) is 3.13. The lowest BCUT2D eigenvalue weighted by molar-refractivity contribution is 0.174. The molecule has 0 fully saturated rings. The van der Waals surface area contributed by atoms with Gasteiger partial charge in [0.25, 0.3) is 0 Å². The van der Waals surface area contributed by atoms with Gasteiger partial charge < -0.3 is 19.7 Å². The Hall–Kier alpha value is -3.09. The lowest BCUT2D eigenvalue weighted by Crippen LogP contribution is -1.93. The Labute approximate surface area is 119 Å². The van der Waals surface area contributed by atoms with Crippen molar-refractivity contribution < 1.29 is 14.0 Å². The summed E-state index contributed by atoms with van der Waals surface area (Å²) in [6.07, 6.45) is 3.26. The minimum Gasteiger partial charge on any atom is -0.454 e. The van der Waals surface area contributed by atoms with Crippen LogP contribution < -0.4 is 15.2 Å². The number of hydrogen-bond donors (Lipinski definition) is 1. The summed E-state index contributed by atoms with van der Waals surface area (Å²) in [6.45, 7) is 0.215. The van der Waals surface area contributed by atoms with Crippen LogP contribution in [0, 0.1) is 0 Å². The van der Waals surface area contributed by atoms with Gasteiger partial charge in [0.2, 0.25) is 12.6 Å². The molecule has 1 aromatic carbocycles. The molecule has 1 aliphatic heterocycles. The number of fused-ring (bicyclic) bond motifs is 1. The van der Waals surface area contributed by atoms with Crippen molar-refractivity contribution in [3.05, 3.63) is 36.7 Å². The third-order valence-corrected chi connectivity index (χ3v) is 3.15. The van der Waals surface area contributed by atoms with E-state index in [0.717, 1.165) is 5.56 Å². The van der Waals surface area contributed by atoms with Crippen LogP contribution in [0.3, 0.4) is 0 Å². The molecule has 0 radical (unpaired) electrons. The molecule has 4 rings (SSSR count). The first kappa shape index (κ1) is 11.7. The van der Waals surface area contributed by atoms with E-state index in [1.165, 1.54) is 0 Å². The van der Waals surface area contributed by atoms with Crippen molar-refractivity contribution in [3.8, 4) is 34.2 Å².